The Balaban J connectivity index is 2.32. The van der Waals surface area contributed by atoms with Crippen molar-refractivity contribution in [2.75, 3.05) is 42.0 Å². The van der Waals surface area contributed by atoms with Gasteiger partial charge in [-0.3, -0.25) is 24.0 Å². The standard InChI is InChI=1S/C40H66FN5O8/c1-14-24(6)35(45(10)40(51)34(23(4)5)44-39(50)33(42-9)22(2)3)31(53-12)20-32(47)46-21-29(52-11)19-30(46)37(54-13)25(7)38(49)43-26(8)36(48)27-15-17-28(41)18-16-27/h15-18,22-26,29-31,33-35,37,42H,14,19-21H2,1-13H3,(H,43,49)(H,44,50)/t24-,25+,26+,29+,30+,31-,33-,34-,35-,37+/m0/s1. The van der Waals surface area contributed by atoms with Crippen LogP contribution in [0.3, 0.4) is 0 Å². The van der Waals surface area contributed by atoms with Gasteiger partial charge in [0, 0.05) is 40.5 Å². The number of nitrogens with one attached hydrogen (secondary N) is 3. The van der Waals surface area contributed by atoms with Crippen LogP contribution in [0.5, 0.6) is 0 Å². The minimum atomic E-state index is -0.890. The van der Waals surface area contributed by atoms with Crippen LogP contribution in [0.4, 0.5) is 4.39 Å². The van der Waals surface area contributed by atoms with Crippen molar-refractivity contribution in [2.45, 2.75) is 123 Å². The lowest BCUT2D eigenvalue weighted by Gasteiger charge is -2.41. The lowest BCUT2D eigenvalue weighted by Crippen LogP contribution is -2.59. The molecule has 1 saturated heterocycles. The zero-order valence-corrected chi connectivity index (χ0v) is 34.6. The van der Waals surface area contributed by atoms with Gasteiger partial charge >= 0.3 is 0 Å². The molecule has 2 rings (SSSR count). The molecule has 1 heterocycles. The number of halogens is 1. The van der Waals surface area contributed by atoms with Crippen molar-refractivity contribution < 1.29 is 42.6 Å². The van der Waals surface area contributed by atoms with Crippen LogP contribution in [-0.4, -0.2) is 130 Å². The van der Waals surface area contributed by atoms with Crippen molar-refractivity contribution in [1.82, 2.24) is 25.8 Å². The van der Waals surface area contributed by atoms with Gasteiger partial charge in [-0.2, -0.15) is 0 Å². The number of rotatable bonds is 21. The second kappa shape index (κ2) is 21.6. The zero-order valence-electron chi connectivity index (χ0n) is 34.6. The van der Waals surface area contributed by atoms with E-state index < -0.39 is 60.1 Å². The van der Waals surface area contributed by atoms with E-state index in [2.05, 4.69) is 16.0 Å². The molecule has 0 aromatic heterocycles. The Morgan fingerprint density at radius 2 is 1.48 bits per heavy atom. The smallest absolute Gasteiger partial charge is 0.245 e. The molecule has 0 aliphatic carbocycles. The first-order valence-corrected chi connectivity index (χ1v) is 19.1. The predicted molar refractivity (Wildman–Crippen MR) is 205 cm³/mol. The highest BCUT2D eigenvalue weighted by Crippen LogP contribution is 2.31. The number of ether oxygens (including phenoxy) is 3. The first kappa shape index (κ1) is 46.7. The molecule has 0 spiro atoms. The molecule has 306 valence electrons. The number of nitrogens with zero attached hydrogens (tertiary/aromatic N) is 2. The van der Waals surface area contributed by atoms with Crippen molar-refractivity contribution in [2.24, 2.45) is 23.7 Å². The minimum Gasteiger partial charge on any atom is -0.380 e. The summed E-state index contributed by atoms with van der Waals surface area (Å²) in [6.45, 7) is 15.2. The highest BCUT2D eigenvalue weighted by Gasteiger charge is 2.46. The Morgan fingerprint density at radius 1 is 0.889 bits per heavy atom. The maximum absolute atomic E-state index is 14.3. The number of likely N-dealkylation sites (tertiary alicyclic amines) is 1. The molecule has 4 amide bonds. The molecule has 54 heavy (non-hydrogen) atoms. The maximum atomic E-state index is 14.3. The van der Waals surface area contributed by atoms with Gasteiger partial charge in [-0.05, 0) is 62.4 Å². The van der Waals surface area contributed by atoms with E-state index in [1.54, 1.807) is 44.9 Å². The SMILES string of the molecule is CC[C@H](C)[C@@H]([C@H](CC(=O)N1C[C@H](OC)C[C@@H]1[C@H](OC)[C@@H](C)C(=O)N[C@H](C)C(=O)c1ccc(F)cc1)OC)N(C)C(=O)[C@@H](NC(=O)[C@@H](NC)C(C)C)C(C)C. The third-order valence-electron chi connectivity index (χ3n) is 11.0. The van der Waals surface area contributed by atoms with E-state index in [9.17, 15) is 28.4 Å². The largest absolute Gasteiger partial charge is 0.380 e. The van der Waals surface area contributed by atoms with Crippen molar-refractivity contribution in [3.8, 4) is 0 Å². The van der Waals surface area contributed by atoms with Crippen molar-refractivity contribution in [3.05, 3.63) is 35.6 Å². The van der Waals surface area contributed by atoms with Gasteiger partial charge in [0.2, 0.25) is 23.6 Å². The number of ketones is 1. The van der Waals surface area contributed by atoms with E-state index in [4.69, 9.17) is 14.2 Å². The molecule has 0 saturated carbocycles. The summed E-state index contributed by atoms with van der Waals surface area (Å²) in [5.41, 5.74) is 0.268. The number of Topliss-reactive ketones (excluding diaryl/α,β-unsaturated/α-hetero) is 1. The van der Waals surface area contributed by atoms with Crippen molar-refractivity contribution in [3.63, 3.8) is 0 Å². The van der Waals surface area contributed by atoms with E-state index in [0.29, 0.717) is 12.8 Å². The summed E-state index contributed by atoms with van der Waals surface area (Å²) >= 11 is 0. The van der Waals surface area contributed by atoms with E-state index in [0.717, 1.165) is 0 Å². The topological polar surface area (TPSA) is 156 Å². The van der Waals surface area contributed by atoms with Crippen LogP contribution in [0.15, 0.2) is 24.3 Å². The Labute approximate surface area is 321 Å². The summed E-state index contributed by atoms with van der Waals surface area (Å²) in [4.78, 5) is 71.5. The molecule has 14 heteroatoms. The van der Waals surface area contributed by atoms with E-state index in [-0.39, 0.29) is 65.9 Å². The van der Waals surface area contributed by atoms with Gasteiger partial charge < -0.3 is 40.0 Å². The van der Waals surface area contributed by atoms with Gasteiger partial charge in [-0.25, -0.2) is 4.39 Å². The summed E-state index contributed by atoms with van der Waals surface area (Å²) in [5.74, 6) is -3.11. The first-order chi connectivity index (χ1) is 25.4. The van der Waals surface area contributed by atoms with E-state index >= 15 is 0 Å². The van der Waals surface area contributed by atoms with E-state index in [1.807, 2.05) is 41.5 Å². The highest BCUT2D eigenvalue weighted by atomic mass is 19.1. The molecule has 13 nitrogen and oxygen atoms in total. The van der Waals surface area contributed by atoms with Crippen molar-refractivity contribution in [1.29, 1.82) is 0 Å². The Kier molecular flexibility index (Phi) is 18.7. The number of hydrogen-bond acceptors (Lipinski definition) is 9. The number of methoxy groups -OCH3 is 3. The molecular formula is C40H66FN5O8. The third kappa shape index (κ3) is 11.8. The second-order valence-corrected chi connectivity index (χ2v) is 15.3. The summed E-state index contributed by atoms with van der Waals surface area (Å²) in [6, 6.07) is 1.90. The fraction of sp³-hybridized carbons (Fsp3) is 0.725. The maximum Gasteiger partial charge on any atom is 0.245 e. The highest BCUT2D eigenvalue weighted by molar-refractivity contribution is 6.01. The Hall–Kier alpha value is -3.46. The van der Waals surface area contributed by atoms with Gasteiger partial charge in [0.15, 0.2) is 5.78 Å². The van der Waals surface area contributed by atoms with Crippen LogP contribution >= 0.6 is 0 Å². The number of hydrogen-bond donors (Lipinski definition) is 3. The molecule has 3 N–H and O–H groups in total. The van der Waals surface area contributed by atoms with Crippen LogP contribution in [0.25, 0.3) is 0 Å². The molecule has 0 radical (unpaired) electrons. The van der Waals surface area contributed by atoms with Crippen molar-refractivity contribution >= 4 is 29.4 Å². The zero-order chi connectivity index (χ0) is 41.0. The van der Waals surface area contributed by atoms with Crippen LogP contribution < -0.4 is 16.0 Å². The molecule has 10 atom stereocenters. The summed E-state index contributed by atoms with van der Waals surface area (Å²) in [5, 5.41) is 8.76. The lowest BCUT2D eigenvalue weighted by atomic mass is 9.89. The third-order valence-corrected chi connectivity index (χ3v) is 11.0. The van der Waals surface area contributed by atoms with Gasteiger partial charge in [-0.1, -0.05) is 54.9 Å². The molecule has 1 aromatic rings. The fourth-order valence-electron chi connectivity index (χ4n) is 7.48. The predicted octanol–water partition coefficient (Wildman–Crippen LogP) is 3.44. The van der Waals surface area contributed by atoms with Crippen LogP contribution in [0.1, 0.15) is 85.0 Å². The summed E-state index contributed by atoms with van der Waals surface area (Å²) < 4.78 is 31.0. The van der Waals surface area contributed by atoms with Gasteiger partial charge in [-0.15, -0.1) is 0 Å². The molecule has 1 aromatic carbocycles. The average molecular weight is 764 g/mol. The first-order valence-electron chi connectivity index (χ1n) is 19.1. The number of carbonyl (C=O) groups excluding carboxylic acids is 5. The summed E-state index contributed by atoms with van der Waals surface area (Å²) in [6.07, 6.45) is -0.725. The second-order valence-electron chi connectivity index (χ2n) is 15.3. The normalized spacial score (nSPS) is 20.4. The van der Waals surface area contributed by atoms with Crippen LogP contribution in [0.2, 0.25) is 0 Å². The summed E-state index contributed by atoms with van der Waals surface area (Å²) in [7, 11) is 7.97. The monoisotopic (exact) mass is 763 g/mol. The van der Waals surface area contributed by atoms with Gasteiger partial charge in [0.1, 0.15) is 11.9 Å². The molecule has 0 unspecified atom stereocenters. The van der Waals surface area contributed by atoms with Crippen LogP contribution in [0, 0.1) is 29.5 Å². The number of carbonyl (C=O) groups is 5. The Bertz CT molecular complexity index is 1390. The number of likely N-dealkylation sites (N-methyl/N-ethyl adjacent to an activating group) is 2. The van der Waals surface area contributed by atoms with E-state index in [1.165, 1.54) is 38.5 Å². The number of benzene rings is 1. The fourth-order valence-corrected chi connectivity index (χ4v) is 7.48. The van der Waals surface area contributed by atoms with Gasteiger partial charge in [0.25, 0.3) is 0 Å². The van der Waals surface area contributed by atoms with Crippen LogP contribution in [-0.2, 0) is 33.4 Å². The quantitative estimate of drug-likeness (QED) is 0.160. The average Bonchev–Trinajstić information content (AvgIpc) is 3.57. The molecule has 1 aliphatic heterocycles. The lowest BCUT2D eigenvalue weighted by molar-refractivity contribution is -0.148. The molecule has 1 fully saturated rings. The number of amides is 4. The molecular weight excluding hydrogens is 697 g/mol. The molecule has 1 aliphatic rings. The Morgan fingerprint density at radius 3 is 1.96 bits per heavy atom. The molecule has 0 bridgehead atoms. The van der Waals surface area contributed by atoms with Gasteiger partial charge in [0.05, 0.1) is 54.8 Å². The minimum absolute atomic E-state index is 0.00941.